The van der Waals surface area contributed by atoms with Gasteiger partial charge in [0, 0.05) is 6.42 Å². The van der Waals surface area contributed by atoms with E-state index in [4.69, 9.17) is 9.47 Å². The normalized spacial score (nSPS) is 18.9. The summed E-state index contributed by atoms with van der Waals surface area (Å²) in [6, 6.07) is -0.810. The van der Waals surface area contributed by atoms with Gasteiger partial charge in [0.15, 0.2) is 6.29 Å². The second-order valence-corrected chi connectivity index (χ2v) is 23.6. The quantitative estimate of drug-likeness (QED) is 0.0261. The van der Waals surface area contributed by atoms with E-state index in [1.165, 1.54) is 199 Å². The van der Waals surface area contributed by atoms with Gasteiger partial charge in [-0.3, -0.25) is 4.79 Å². The van der Waals surface area contributed by atoms with Crippen molar-refractivity contribution in [2.45, 2.75) is 346 Å². The van der Waals surface area contributed by atoms with Crippen molar-refractivity contribution in [3.63, 3.8) is 0 Å². The summed E-state index contributed by atoms with van der Waals surface area (Å²) in [7, 11) is 0. The van der Waals surface area contributed by atoms with E-state index in [0.717, 1.165) is 83.5 Å². The molecule has 9 nitrogen and oxygen atoms in total. The number of ether oxygens (including phenoxy) is 2. The summed E-state index contributed by atoms with van der Waals surface area (Å²) in [6.07, 6.45) is 82.1. The van der Waals surface area contributed by atoms with Gasteiger partial charge in [0.25, 0.3) is 0 Å². The summed E-state index contributed by atoms with van der Waals surface area (Å²) in [4.78, 5) is 13.1. The first kappa shape index (κ1) is 77.1. The van der Waals surface area contributed by atoms with Gasteiger partial charge in [-0.05, 0) is 77.0 Å². The summed E-state index contributed by atoms with van der Waals surface area (Å²) in [5, 5.41) is 54.7. The van der Waals surface area contributed by atoms with E-state index >= 15 is 0 Å². The van der Waals surface area contributed by atoms with Crippen molar-refractivity contribution < 1.29 is 39.8 Å². The number of hydrogen-bond donors (Lipinski definition) is 6. The van der Waals surface area contributed by atoms with Crippen LogP contribution in [0.4, 0.5) is 0 Å². The highest BCUT2D eigenvalue weighted by Gasteiger charge is 2.44. The largest absolute Gasteiger partial charge is 0.394 e. The van der Waals surface area contributed by atoms with E-state index in [9.17, 15) is 30.3 Å². The zero-order chi connectivity index (χ0) is 59.3. The molecule has 0 spiro atoms. The highest BCUT2D eigenvalue weighted by molar-refractivity contribution is 5.76. The maximum atomic E-state index is 13.1. The number of allylic oxidation sites excluding steroid dienone is 15. The Labute approximate surface area is 504 Å². The van der Waals surface area contributed by atoms with E-state index < -0.39 is 49.5 Å². The average Bonchev–Trinajstić information content (AvgIpc) is 3.59. The van der Waals surface area contributed by atoms with Gasteiger partial charge in [-0.1, -0.05) is 317 Å². The summed E-state index contributed by atoms with van der Waals surface area (Å²) >= 11 is 0. The summed E-state index contributed by atoms with van der Waals surface area (Å²) in [6.45, 7) is 3.69. The van der Waals surface area contributed by atoms with Crippen molar-refractivity contribution in [2.75, 3.05) is 13.2 Å². The van der Waals surface area contributed by atoms with Crippen LogP contribution < -0.4 is 5.32 Å². The molecule has 0 bridgehead atoms. The first-order valence-corrected chi connectivity index (χ1v) is 34.5. The zero-order valence-corrected chi connectivity index (χ0v) is 53.0. The van der Waals surface area contributed by atoms with Gasteiger partial charge in [0.2, 0.25) is 5.91 Å². The SMILES string of the molecule is CC/C=C\C/C=C\C/C=C\C/C=C\C/C=C\C/C=C\C/C=C\CCCCCCCCCCCCCCCCCC(=O)NC(COC1OC(CO)C(O)C(O)C1O)C(O)/C=C/CCCCCCCCCCCCCCCCCCCCCC. The van der Waals surface area contributed by atoms with Crippen molar-refractivity contribution in [3.05, 3.63) is 97.2 Å². The van der Waals surface area contributed by atoms with Crippen molar-refractivity contribution >= 4 is 5.91 Å². The molecule has 1 rings (SSSR count). The molecule has 1 heterocycles. The van der Waals surface area contributed by atoms with Gasteiger partial charge < -0.3 is 40.3 Å². The molecule has 474 valence electrons. The number of unbranched alkanes of at least 4 members (excludes halogenated alkanes) is 35. The zero-order valence-electron chi connectivity index (χ0n) is 53.0. The Balaban J connectivity index is 2.13. The monoisotopic (exact) mass is 1150 g/mol. The molecule has 1 saturated heterocycles. The molecule has 1 aliphatic heterocycles. The maximum Gasteiger partial charge on any atom is 0.220 e. The van der Waals surface area contributed by atoms with Gasteiger partial charge in [-0.2, -0.15) is 0 Å². The fraction of sp³-hybridized carbons (Fsp3) is 0.767. The van der Waals surface area contributed by atoms with Gasteiger partial charge in [-0.25, -0.2) is 0 Å². The summed E-state index contributed by atoms with van der Waals surface area (Å²) in [5.41, 5.74) is 0. The number of aliphatic hydroxyl groups excluding tert-OH is 5. The van der Waals surface area contributed by atoms with E-state index in [1.54, 1.807) is 6.08 Å². The molecular weight excluding hydrogens is 1020 g/mol. The minimum atomic E-state index is -1.57. The molecule has 0 aliphatic carbocycles. The van der Waals surface area contributed by atoms with Gasteiger partial charge in [0.1, 0.15) is 24.4 Å². The smallest absolute Gasteiger partial charge is 0.220 e. The third-order valence-electron chi connectivity index (χ3n) is 15.9. The molecule has 0 radical (unpaired) electrons. The highest BCUT2D eigenvalue weighted by atomic mass is 16.7. The van der Waals surface area contributed by atoms with Crippen LogP contribution >= 0.6 is 0 Å². The Morgan fingerprint density at radius 3 is 1.12 bits per heavy atom. The molecule has 0 aromatic rings. The van der Waals surface area contributed by atoms with Crippen LogP contribution in [-0.2, 0) is 14.3 Å². The van der Waals surface area contributed by atoms with Crippen LogP contribution in [0.25, 0.3) is 0 Å². The lowest BCUT2D eigenvalue weighted by Gasteiger charge is -2.40. The standard InChI is InChI=1S/C73H129NO8/c1-3-5-7-9-11-13-15-17-19-21-23-25-27-28-29-30-31-32-33-34-35-36-37-38-39-40-41-43-45-47-49-51-53-55-57-59-61-63-69(77)74-66(65-81-73-72(80)71(79)70(78)68(64-75)82-73)67(76)62-60-58-56-54-52-50-48-46-44-42-26-24-22-20-18-16-14-12-10-8-6-4-2/h5,7,11,13,17,19,23,25,28-29,31-32,34-35,60,62,66-68,70-73,75-76,78-80H,3-4,6,8-10,12,14-16,18,20-22,24,26-27,30,33,36-59,61,63-65H2,1-2H3,(H,74,77)/b7-5-,13-11-,19-17-,25-23-,29-28-,32-31-,35-34-,62-60+. The molecule has 9 heteroatoms. The molecule has 7 unspecified atom stereocenters. The second kappa shape index (κ2) is 61.2. The highest BCUT2D eigenvalue weighted by Crippen LogP contribution is 2.23. The average molecular weight is 1150 g/mol. The number of amides is 1. The Bertz CT molecular complexity index is 1620. The Hall–Kier alpha value is -2.89. The number of aliphatic hydroxyl groups is 5. The first-order chi connectivity index (χ1) is 40.3. The Morgan fingerprint density at radius 2 is 0.756 bits per heavy atom. The van der Waals surface area contributed by atoms with Crippen LogP contribution in [0.5, 0.6) is 0 Å². The van der Waals surface area contributed by atoms with Crippen molar-refractivity contribution in [1.82, 2.24) is 5.32 Å². The number of rotatable bonds is 59. The predicted molar refractivity (Wildman–Crippen MR) is 350 cm³/mol. The Kier molecular flexibility index (Phi) is 57.6. The fourth-order valence-corrected chi connectivity index (χ4v) is 10.6. The van der Waals surface area contributed by atoms with Crippen LogP contribution in [0.2, 0.25) is 0 Å². The predicted octanol–water partition coefficient (Wildman–Crippen LogP) is 18.7. The molecular formula is C73H129NO8. The van der Waals surface area contributed by atoms with Crippen LogP contribution in [0.1, 0.15) is 303 Å². The molecule has 1 amide bonds. The van der Waals surface area contributed by atoms with E-state index in [0.29, 0.717) is 6.42 Å². The summed E-state index contributed by atoms with van der Waals surface area (Å²) in [5.74, 6) is -0.176. The molecule has 6 N–H and O–H groups in total. The van der Waals surface area contributed by atoms with Crippen LogP contribution in [0.15, 0.2) is 97.2 Å². The molecule has 82 heavy (non-hydrogen) atoms. The van der Waals surface area contributed by atoms with Crippen LogP contribution in [-0.4, -0.2) is 87.5 Å². The minimum absolute atomic E-state index is 0.176. The van der Waals surface area contributed by atoms with Gasteiger partial charge in [-0.15, -0.1) is 0 Å². The number of nitrogens with one attached hydrogen (secondary N) is 1. The molecule has 7 atom stereocenters. The summed E-state index contributed by atoms with van der Waals surface area (Å²) < 4.78 is 11.3. The Morgan fingerprint density at radius 1 is 0.427 bits per heavy atom. The van der Waals surface area contributed by atoms with E-state index in [2.05, 4.69) is 104 Å². The molecule has 0 aromatic heterocycles. The van der Waals surface area contributed by atoms with Crippen molar-refractivity contribution in [1.29, 1.82) is 0 Å². The van der Waals surface area contributed by atoms with Crippen LogP contribution in [0.3, 0.4) is 0 Å². The van der Waals surface area contributed by atoms with Crippen molar-refractivity contribution in [2.24, 2.45) is 0 Å². The molecule has 0 saturated carbocycles. The third-order valence-corrected chi connectivity index (χ3v) is 15.9. The van der Waals surface area contributed by atoms with Gasteiger partial charge in [0.05, 0.1) is 25.4 Å². The van der Waals surface area contributed by atoms with Gasteiger partial charge >= 0.3 is 0 Å². The third kappa shape index (κ3) is 49.4. The lowest BCUT2D eigenvalue weighted by atomic mass is 9.99. The minimum Gasteiger partial charge on any atom is -0.394 e. The lowest BCUT2D eigenvalue weighted by Crippen LogP contribution is -2.60. The van der Waals surface area contributed by atoms with Crippen molar-refractivity contribution in [3.8, 4) is 0 Å². The maximum absolute atomic E-state index is 13.1. The topological polar surface area (TPSA) is 149 Å². The molecule has 1 fully saturated rings. The molecule has 1 aliphatic rings. The number of carbonyl (C=O) groups is 1. The first-order valence-electron chi connectivity index (χ1n) is 34.5. The number of carbonyl (C=O) groups excluding carboxylic acids is 1. The van der Waals surface area contributed by atoms with E-state index in [-0.39, 0.29) is 12.5 Å². The number of hydrogen-bond acceptors (Lipinski definition) is 8. The van der Waals surface area contributed by atoms with Crippen LogP contribution in [0, 0.1) is 0 Å². The molecule has 0 aromatic carbocycles. The lowest BCUT2D eigenvalue weighted by molar-refractivity contribution is -0.302. The van der Waals surface area contributed by atoms with E-state index in [1.807, 2.05) is 6.08 Å². The second-order valence-electron chi connectivity index (χ2n) is 23.6. The fourth-order valence-electron chi connectivity index (χ4n) is 10.6.